The largest absolute Gasteiger partial charge is 0.497 e. The standard InChI is InChI=1S/C21H21N5O/c1-22-21-25-18-13-23-20(24-16-8-10-17(27-2)11-9-16)12-19(18)26(21)14-15-6-4-3-5-7-15/h3-13H,14H2,1-2H3,(H,22,25)(H,23,24). The fraction of sp³-hybridized carbons (Fsp3) is 0.143. The highest BCUT2D eigenvalue weighted by atomic mass is 16.5. The summed E-state index contributed by atoms with van der Waals surface area (Å²) in [5.41, 5.74) is 4.05. The van der Waals surface area contributed by atoms with E-state index in [2.05, 4.69) is 37.3 Å². The second-order valence-electron chi connectivity index (χ2n) is 6.17. The third-order valence-corrected chi connectivity index (χ3v) is 4.40. The number of rotatable bonds is 6. The Kier molecular flexibility index (Phi) is 4.61. The van der Waals surface area contributed by atoms with Gasteiger partial charge in [-0.05, 0) is 29.8 Å². The molecule has 6 nitrogen and oxygen atoms in total. The van der Waals surface area contributed by atoms with Crippen LogP contribution in [0.1, 0.15) is 5.56 Å². The molecule has 4 aromatic rings. The number of anilines is 3. The number of imidazole rings is 1. The summed E-state index contributed by atoms with van der Waals surface area (Å²) in [6.45, 7) is 0.736. The number of hydrogen-bond acceptors (Lipinski definition) is 5. The van der Waals surface area contributed by atoms with Crippen LogP contribution in [-0.2, 0) is 6.54 Å². The van der Waals surface area contributed by atoms with E-state index in [0.29, 0.717) is 0 Å². The van der Waals surface area contributed by atoms with Crippen molar-refractivity contribution in [2.24, 2.45) is 0 Å². The highest BCUT2D eigenvalue weighted by Gasteiger charge is 2.12. The Hall–Kier alpha value is -3.54. The monoisotopic (exact) mass is 359 g/mol. The maximum atomic E-state index is 5.20. The quantitative estimate of drug-likeness (QED) is 0.538. The number of nitrogens with zero attached hydrogens (tertiary/aromatic N) is 3. The minimum Gasteiger partial charge on any atom is -0.497 e. The average molecular weight is 359 g/mol. The Balaban J connectivity index is 1.68. The first-order valence-electron chi connectivity index (χ1n) is 8.76. The zero-order valence-electron chi connectivity index (χ0n) is 15.3. The lowest BCUT2D eigenvalue weighted by Crippen LogP contribution is -2.05. The van der Waals surface area contributed by atoms with E-state index in [1.807, 2.05) is 55.6 Å². The maximum Gasteiger partial charge on any atom is 0.203 e. The van der Waals surface area contributed by atoms with Crippen molar-refractivity contribution in [3.8, 4) is 5.75 Å². The molecule has 0 aliphatic heterocycles. The molecule has 2 N–H and O–H groups in total. The van der Waals surface area contributed by atoms with Gasteiger partial charge in [0.1, 0.15) is 17.1 Å². The van der Waals surface area contributed by atoms with Crippen molar-refractivity contribution in [2.45, 2.75) is 6.54 Å². The fourth-order valence-corrected chi connectivity index (χ4v) is 3.04. The Morgan fingerprint density at radius 2 is 1.81 bits per heavy atom. The molecule has 0 aliphatic rings. The predicted molar refractivity (Wildman–Crippen MR) is 109 cm³/mol. The van der Waals surface area contributed by atoms with Crippen LogP contribution >= 0.6 is 0 Å². The van der Waals surface area contributed by atoms with E-state index in [1.165, 1.54) is 5.56 Å². The number of nitrogens with one attached hydrogen (secondary N) is 2. The first kappa shape index (κ1) is 16.9. The third kappa shape index (κ3) is 3.55. The molecule has 0 unspecified atom stereocenters. The van der Waals surface area contributed by atoms with Crippen molar-refractivity contribution < 1.29 is 4.74 Å². The van der Waals surface area contributed by atoms with Crippen molar-refractivity contribution in [1.82, 2.24) is 14.5 Å². The molecule has 27 heavy (non-hydrogen) atoms. The summed E-state index contributed by atoms with van der Waals surface area (Å²) in [4.78, 5) is 9.14. The number of pyridine rings is 1. The van der Waals surface area contributed by atoms with Gasteiger partial charge in [-0.1, -0.05) is 30.3 Å². The summed E-state index contributed by atoms with van der Waals surface area (Å²) in [5.74, 6) is 2.41. The Bertz CT molecular complexity index is 1040. The van der Waals surface area contributed by atoms with Gasteiger partial charge in [0, 0.05) is 18.8 Å². The minimum atomic E-state index is 0.736. The number of aromatic nitrogens is 3. The van der Waals surface area contributed by atoms with Gasteiger partial charge in [0.25, 0.3) is 0 Å². The van der Waals surface area contributed by atoms with Crippen LogP contribution in [0.15, 0.2) is 66.9 Å². The maximum absolute atomic E-state index is 5.20. The molecule has 0 bridgehead atoms. The molecule has 2 heterocycles. The second kappa shape index (κ2) is 7.37. The first-order valence-corrected chi connectivity index (χ1v) is 8.76. The molecule has 0 amide bonds. The van der Waals surface area contributed by atoms with Gasteiger partial charge in [0.15, 0.2) is 0 Å². The van der Waals surface area contributed by atoms with Gasteiger partial charge in [-0.3, -0.25) is 0 Å². The van der Waals surface area contributed by atoms with E-state index in [0.717, 1.165) is 40.8 Å². The van der Waals surface area contributed by atoms with Gasteiger partial charge in [-0.2, -0.15) is 0 Å². The number of fused-ring (bicyclic) bond motifs is 1. The highest BCUT2D eigenvalue weighted by molar-refractivity contribution is 5.81. The molecule has 136 valence electrons. The number of methoxy groups -OCH3 is 1. The molecule has 0 spiro atoms. The van der Waals surface area contributed by atoms with Crippen molar-refractivity contribution >= 4 is 28.5 Å². The van der Waals surface area contributed by atoms with E-state index in [4.69, 9.17) is 4.74 Å². The summed E-state index contributed by atoms with van der Waals surface area (Å²) in [6.07, 6.45) is 1.80. The third-order valence-electron chi connectivity index (χ3n) is 4.40. The Morgan fingerprint density at radius 3 is 2.52 bits per heavy atom. The van der Waals surface area contributed by atoms with Crippen molar-refractivity contribution in [3.05, 3.63) is 72.4 Å². The lowest BCUT2D eigenvalue weighted by molar-refractivity contribution is 0.415. The van der Waals surface area contributed by atoms with Crippen LogP contribution in [0, 0.1) is 0 Å². The van der Waals surface area contributed by atoms with Crippen molar-refractivity contribution in [2.75, 3.05) is 24.8 Å². The molecule has 0 saturated heterocycles. The summed E-state index contributed by atoms with van der Waals surface area (Å²) < 4.78 is 7.36. The van der Waals surface area contributed by atoms with E-state index in [9.17, 15) is 0 Å². The van der Waals surface area contributed by atoms with E-state index in [1.54, 1.807) is 13.3 Å². The minimum absolute atomic E-state index is 0.736. The van der Waals surface area contributed by atoms with Gasteiger partial charge in [0.2, 0.25) is 5.95 Å². The van der Waals surface area contributed by atoms with Gasteiger partial charge in [-0.15, -0.1) is 0 Å². The summed E-state index contributed by atoms with van der Waals surface area (Å²) in [6, 6.07) is 20.1. The number of hydrogen-bond donors (Lipinski definition) is 2. The zero-order chi connectivity index (χ0) is 18.6. The molecular weight excluding hydrogens is 338 g/mol. The van der Waals surface area contributed by atoms with Crippen LogP contribution in [0.5, 0.6) is 5.75 Å². The first-order chi connectivity index (χ1) is 13.3. The second-order valence-corrected chi connectivity index (χ2v) is 6.17. The van der Waals surface area contributed by atoms with E-state index < -0.39 is 0 Å². The SMILES string of the molecule is CNc1nc2cnc(Nc3ccc(OC)cc3)cc2n1Cc1ccccc1. The average Bonchev–Trinajstić information content (AvgIpc) is 3.06. The van der Waals surface area contributed by atoms with Crippen LogP contribution in [0.2, 0.25) is 0 Å². The number of ether oxygens (including phenoxy) is 1. The van der Waals surface area contributed by atoms with Crippen LogP contribution in [-0.4, -0.2) is 28.7 Å². The number of benzene rings is 2. The van der Waals surface area contributed by atoms with E-state index in [-0.39, 0.29) is 0 Å². The molecule has 2 aromatic carbocycles. The normalized spacial score (nSPS) is 10.7. The van der Waals surface area contributed by atoms with Crippen LogP contribution in [0.25, 0.3) is 11.0 Å². The summed E-state index contributed by atoms with van der Waals surface area (Å²) in [5, 5.41) is 6.51. The van der Waals surface area contributed by atoms with Gasteiger partial charge >= 0.3 is 0 Å². The predicted octanol–water partition coefficient (Wildman–Crippen LogP) is 4.27. The summed E-state index contributed by atoms with van der Waals surface area (Å²) in [7, 11) is 3.54. The highest BCUT2D eigenvalue weighted by Crippen LogP contribution is 2.25. The van der Waals surface area contributed by atoms with Crippen LogP contribution < -0.4 is 15.4 Å². The van der Waals surface area contributed by atoms with E-state index >= 15 is 0 Å². The molecular formula is C21H21N5O. The molecule has 0 radical (unpaired) electrons. The van der Waals surface area contributed by atoms with Crippen LogP contribution in [0.4, 0.5) is 17.5 Å². The Morgan fingerprint density at radius 1 is 1.04 bits per heavy atom. The molecule has 2 aromatic heterocycles. The topological polar surface area (TPSA) is 64.0 Å². The molecule has 0 saturated carbocycles. The summed E-state index contributed by atoms with van der Waals surface area (Å²) >= 11 is 0. The lowest BCUT2D eigenvalue weighted by atomic mass is 10.2. The smallest absolute Gasteiger partial charge is 0.203 e. The van der Waals surface area contributed by atoms with Crippen molar-refractivity contribution in [1.29, 1.82) is 0 Å². The zero-order valence-corrected chi connectivity index (χ0v) is 15.3. The lowest BCUT2D eigenvalue weighted by Gasteiger charge is -2.10. The van der Waals surface area contributed by atoms with Gasteiger partial charge in [-0.25, -0.2) is 9.97 Å². The Labute approximate surface area is 157 Å². The molecule has 0 aliphatic carbocycles. The molecule has 4 rings (SSSR count). The molecule has 0 fully saturated rings. The van der Waals surface area contributed by atoms with Crippen molar-refractivity contribution in [3.63, 3.8) is 0 Å². The van der Waals surface area contributed by atoms with Crippen LogP contribution in [0.3, 0.4) is 0 Å². The molecule has 0 atom stereocenters. The molecule has 6 heteroatoms. The van der Waals surface area contributed by atoms with Gasteiger partial charge in [0.05, 0.1) is 25.4 Å². The fourth-order valence-electron chi connectivity index (χ4n) is 3.04. The van der Waals surface area contributed by atoms with Gasteiger partial charge < -0.3 is 19.9 Å².